The standard InChI is InChI=1S/C14H16N2OS2/c1-17-9-3-5-13(15)11(7-9)12-8-10(19-2)4-6-14(12)16-18/h3-8,16,18H,15H2,1-2H3. The molecule has 0 aliphatic rings. The van der Waals surface area contributed by atoms with Gasteiger partial charge in [0.1, 0.15) is 5.75 Å². The van der Waals surface area contributed by atoms with E-state index in [4.69, 9.17) is 10.5 Å². The Morgan fingerprint density at radius 1 is 1.16 bits per heavy atom. The molecule has 0 unspecified atom stereocenters. The number of rotatable bonds is 4. The van der Waals surface area contributed by atoms with Crippen LogP contribution in [0.4, 0.5) is 11.4 Å². The van der Waals surface area contributed by atoms with E-state index >= 15 is 0 Å². The number of nitrogens with one attached hydrogen (secondary N) is 1. The Morgan fingerprint density at radius 3 is 2.58 bits per heavy atom. The number of nitrogens with two attached hydrogens (primary N) is 1. The van der Waals surface area contributed by atoms with Gasteiger partial charge in [-0.3, -0.25) is 0 Å². The fourth-order valence-electron chi connectivity index (χ4n) is 1.87. The zero-order valence-corrected chi connectivity index (χ0v) is 12.5. The quantitative estimate of drug-likeness (QED) is 0.454. The zero-order valence-electron chi connectivity index (χ0n) is 10.8. The van der Waals surface area contributed by atoms with Gasteiger partial charge in [-0.1, -0.05) is 12.8 Å². The zero-order chi connectivity index (χ0) is 13.8. The van der Waals surface area contributed by atoms with Crippen LogP contribution >= 0.6 is 24.6 Å². The van der Waals surface area contributed by atoms with Gasteiger partial charge in [-0.15, -0.1) is 11.8 Å². The Labute approximate surface area is 123 Å². The molecule has 2 aromatic rings. The van der Waals surface area contributed by atoms with Crippen molar-refractivity contribution in [1.82, 2.24) is 0 Å². The molecule has 19 heavy (non-hydrogen) atoms. The van der Waals surface area contributed by atoms with Gasteiger partial charge in [0.25, 0.3) is 0 Å². The first-order chi connectivity index (χ1) is 9.19. The predicted molar refractivity (Wildman–Crippen MR) is 87.2 cm³/mol. The van der Waals surface area contributed by atoms with Crippen LogP contribution in [0.5, 0.6) is 5.75 Å². The number of thioether (sulfide) groups is 1. The highest BCUT2D eigenvalue weighted by atomic mass is 32.2. The van der Waals surface area contributed by atoms with Crippen molar-refractivity contribution < 1.29 is 4.74 Å². The van der Waals surface area contributed by atoms with E-state index in [1.165, 1.54) is 4.90 Å². The molecule has 0 radical (unpaired) electrons. The Bertz CT molecular complexity index is 588. The van der Waals surface area contributed by atoms with Gasteiger partial charge >= 0.3 is 0 Å². The topological polar surface area (TPSA) is 47.3 Å². The predicted octanol–water partition coefficient (Wildman–Crippen LogP) is 3.92. The number of anilines is 2. The fourth-order valence-corrected chi connectivity index (χ4v) is 2.50. The van der Waals surface area contributed by atoms with Crippen LogP contribution in [-0.4, -0.2) is 13.4 Å². The molecule has 2 rings (SSSR count). The van der Waals surface area contributed by atoms with Gasteiger partial charge in [0, 0.05) is 21.7 Å². The van der Waals surface area contributed by atoms with E-state index in [2.05, 4.69) is 23.6 Å². The normalized spacial score (nSPS) is 10.3. The highest BCUT2D eigenvalue weighted by Gasteiger charge is 2.10. The second-order valence-electron chi connectivity index (χ2n) is 3.98. The van der Waals surface area contributed by atoms with E-state index in [-0.39, 0.29) is 0 Å². The number of methoxy groups -OCH3 is 1. The van der Waals surface area contributed by atoms with Crippen LogP contribution in [0.3, 0.4) is 0 Å². The summed E-state index contributed by atoms with van der Waals surface area (Å²) in [5.41, 5.74) is 9.65. The number of hydrogen-bond donors (Lipinski definition) is 3. The molecule has 0 aliphatic carbocycles. The minimum absolute atomic E-state index is 0.712. The maximum Gasteiger partial charge on any atom is 0.119 e. The van der Waals surface area contributed by atoms with Gasteiger partial charge in [-0.25, -0.2) is 0 Å². The average molecular weight is 292 g/mol. The fraction of sp³-hybridized carbons (Fsp3) is 0.143. The van der Waals surface area contributed by atoms with Crippen LogP contribution in [0.25, 0.3) is 11.1 Å². The van der Waals surface area contributed by atoms with E-state index in [1.54, 1.807) is 18.9 Å². The summed E-state index contributed by atoms with van der Waals surface area (Å²) in [4.78, 5) is 1.17. The summed E-state index contributed by atoms with van der Waals surface area (Å²) in [6, 6.07) is 11.8. The number of nitrogen functional groups attached to an aromatic ring is 1. The molecule has 2 aromatic carbocycles. The monoisotopic (exact) mass is 292 g/mol. The van der Waals surface area contributed by atoms with Crippen molar-refractivity contribution in [2.75, 3.05) is 23.8 Å². The number of ether oxygens (including phenoxy) is 1. The summed E-state index contributed by atoms with van der Waals surface area (Å²) in [7, 11) is 1.64. The molecular formula is C14H16N2OS2. The molecule has 5 heteroatoms. The molecule has 0 aliphatic heterocycles. The summed E-state index contributed by atoms with van der Waals surface area (Å²) in [5, 5.41) is 0. The van der Waals surface area contributed by atoms with E-state index in [1.807, 2.05) is 36.6 Å². The van der Waals surface area contributed by atoms with Crippen LogP contribution in [-0.2, 0) is 0 Å². The van der Waals surface area contributed by atoms with E-state index in [0.717, 1.165) is 22.6 Å². The van der Waals surface area contributed by atoms with Crippen molar-refractivity contribution in [3.05, 3.63) is 36.4 Å². The maximum absolute atomic E-state index is 6.08. The minimum atomic E-state index is 0.712. The first kappa shape index (κ1) is 14.0. The summed E-state index contributed by atoms with van der Waals surface area (Å²) in [5.74, 6) is 0.781. The van der Waals surface area contributed by atoms with E-state index in [9.17, 15) is 0 Å². The van der Waals surface area contributed by atoms with Crippen molar-refractivity contribution in [2.45, 2.75) is 4.90 Å². The molecule has 3 N–H and O–H groups in total. The number of hydrogen-bond acceptors (Lipinski definition) is 5. The van der Waals surface area contributed by atoms with Crippen LogP contribution < -0.4 is 15.2 Å². The third-order valence-corrected chi connectivity index (χ3v) is 3.86. The van der Waals surface area contributed by atoms with Gasteiger partial charge in [0.05, 0.1) is 12.8 Å². The Morgan fingerprint density at radius 2 is 1.95 bits per heavy atom. The lowest BCUT2D eigenvalue weighted by molar-refractivity contribution is 0.415. The Balaban J connectivity index is 2.62. The molecule has 0 bridgehead atoms. The molecule has 0 saturated heterocycles. The van der Waals surface area contributed by atoms with Crippen LogP contribution in [0.15, 0.2) is 41.3 Å². The lowest BCUT2D eigenvalue weighted by Gasteiger charge is -2.13. The number of benzene rings is 2. The van der Waals surface area contributed by atoms with Crippen molar-refractivity contribution in [2.24, 2.45) is 0 Å². The van der Waals surface area contributed by atoms with Crippen molar-refractivity contribution >= 4 is 36.0 Å². The lowest BCUT2D eigenvalue weighted by Crippen LogP contribution is -1.94. The third kappa shape index (κ3) is 2.93. The molecule has 0 atom stereocenters. The SMILES string of the molecule is COc1ccc(N)c(-c2cc(SC)ccc2NS)c1. The third-order valence-electron chi connectivity index (χ3n) is 2.90. The van der Waals surface area contributed by atoms with Gasteiger partial charge in [0.15, 0.2) is 0 Å². The van der Waals surface area contributed by atoms with Crippen LogP contribution in [0, 0.1) is 0 Å². The molecule has 0 aromatic heterocycles. The Kier molecular flexibility index (Phi) is 4.50. The molecule has 0 amide bonds. The van der Waals surface area contributed by atoms with Crippen LogP contribution in [0.2, 0.25) is 0 Å². The van der Waals surface area contributed by atoms with Crippen molar-refractivity contribution in [1.29, 1.82) is 0 Å². The summed E-state index contributed by atoms with van der Waals surface area (Å²) >= 11 is 5.84. The molecule has 100 valence electrons. The van der Waals surface area contributed by atoms with E-state index < -0.39 is 0 Å². The summed E-state index contributed by atoms with van der Waals surface area (Å²) in [6.45, 7) is 0. The smallest absolute Gasteiger partial charge is 0.119 e. The second kappa shape index (κ2) is 6.12. The first-order valence-corrected chi connectivity index (χ1v) is 7.39. The van der Waals surface area contributed by atoms with Crippen LogP contribution in [0.1, 0.15) is 0 Å². The summed E-state index contributed by atoms with van der Waals surface area (Å²) < 4.78 is 8.16. The highest BCUT2D eigenvalue weighted by Crippen LogP contribution is 2.37. The molecule has 3 nitrogen and oxygen atoms in total. The summed E-state index contributed by atoms with van der Waals surface area (Å²) in [6.07, 6.45) is 2.04. The molecule has 0 saturated carbocycles. The van der Waals surface area contributed by atoms with Gasteiger partial charge in [-0.05, 0) is 42.7 Å². The molecule has 0 spiro atoms. The average Bonchev–Trinajstić information content (AvgIpc) is 2.47. The lowest BCUT2D eigenvalue weighted by atomic mass is 10.0. The molecular weight excluding hydrogens is 276 g/mol. The largest absolute Gasteiger partial charge is 0.497 e. The Hall–Kier alpha value is -1.46. The second-order valence-corrected chi connectivity index (χ2v) is 5.08. The van der Waals surface area contributed by atoms with Gasteiger partial charge in [0.2, 0.25) is 0 Å². The van der Waals surface area contributed by atoms with Crippen molar-refractivity contribution in [3.8, 4) is 16.9 Å². The van der Waals surface area contributed by atoms with E-state index in [0.29, 0.717) is 5.69 Å². The van der Waals surface area contributed by atoms with Gasteiger partial charge < -0.3 is 15.2 Å². The molecule has 0 heterocycles. The number of thiol groups is 1. The maximum atomic E-state index is 6.08. The minimum Gasteiger partial charge on any atom is -0.497 e. The highest BCUT2D eigenvalue weighted by molar-refractivity contribution is 7.98. The first-order valence-electron chi connectivity index (χ1n) is 5.71. The van der Waals surface area contributed by atoms with Gasteiger partial charge in [-0.2, -0.15) is 0 Å². The van der Waals surface area contributed by atoms with Crippen molar-refractivity contribution in [3.63, 3.8) is 0 Å². The molecule has 0 fully saturated rings.